The van der Waals surface area contributed by atoms with E-state index in [1.807, 2.05) is 0 Å². The van der Waals surface area contributed by atoms with E-state index in [0.29, 0.717) is 16.7 Å². The molecule has 3 atom stereocenters. The standard InChI is InChI=1S/C20H32/c1-14-7-6-11-20(5)12-10-17-15(2)8-9-16(13-18(14)20)19(17,3)4/h16,18H,1,6-13H2,2-5H3/t16-,18+,20-/m0/s1/i1T2. The zero-order valence-corrected chi connectivity index (χ0v) is 13.8. The lowest BCUT2D eigenvalue weighted by Crippen LogP contribution is -2.41. The molecule has 3 aliphatic carbocycles. The Labute approximate surface area is 128 Å². The van der Waals surface area contributed by atoms with Gasteiger partial charge >= 0.3 is 0 Å². The largest absolute Gasteiger partial charge is 0.0996 e. The molecule has 0 aromatic heterocycles. The van der Waals surface area contributed by atoms with Gasteiger partial charge in [-0.1, -0.05) is 44.0 Å². The van der Waals surface area contributed by atoms with Gasteiger partial charge in [0, 0.05) is 0 Å². The summed E-state index contributed by atoms with van der Waals surface area (Å²) in [6.07, 6.45) is 9.71. The van der Waals surface area contributed by atoms with E-state index < -0.39 is 0 Å². The number of hydrogen-bond donors (Lipinski definition) is 0. The Bertz CT molecular complexity index is 522. The van der Waals surface area contributed by atoms with Crippen LogP contribution in [0.4, 0.5) is 0 Å². The van der Waals surface area contributed by atoms with Crippen molar-refractivity contribution < 1.29 is 2.74 Å². The fourth-order valence-corrected chi connectivity index (χ4v) is 5.52. The smallest absolute Gasteiger partial charge is 0.0537 e. The van der Waals surface area contributed by atoms with Gasteiger partial charge in [0.15, 0.2) is 0 Å². The van der Waals surface area contributed by atoms with Gasteiger partial charge in [0.25, 0.3) is 0 Å². The third kappa shape index (κ3) is 2.11. The molecule has 0 amide bonds. The molecule has 0 aromatic rings. The maximum Gasteiger partial charge on any atom is 0.0537 e. The van der Waals surface area contributed by atoms with Gasteiger partial charge in [-0.25, -0.2) is 0 Å². The van der Waals surface area contributed by atoms with Gasteiger partial charge in [0.1, 0.15) is 0 Å². The molecule has 0 spiro atoms. The fourth-order valence-electron chi connectivity index (χ4n) is 5.52. The van der Waals surface area contributed by atoms with Crippen LogP contribution in [0.1, 0.15) is 81.8 Å². The molecular weight excluding hydrogens is 240 g/mol. The molecule has 0 nitrogen and oxygen atoms in total. The SMILES string of the molecule is [3H]C([3H])=C1CCC[C@@]2(C)CCC3=C(C)CC[C@@H](C[C@H]12)C3(C)C. The Morgan fingerprint density at radius 3 is 2.70 bits per heavy atom. The third-order valence-electron chi connectivity index (χ3n) is 7.10. The fraction of sp³-hybridized carbons (Fsp3) is 0.800. The van der Waals surface area contributed by atoms with Crippen LogP contribution in [0.5, 0.6) is 0 Å². The Morgan fingerprint density at radius 1 is 1.15 bits per heavy atom. The molecule has 0 heteroatoms. The first-order valence-corrected chi connectivity index (χ1v) is 8.61. The summed E-state index contributed by atoms with van der Waals surface area (Å²) in [7, 11) is 0. The van der Waals surface area contributed by atoms with E-state index in [-0.39, 0.29) is 6.53 Å². The first-order chi connectivity index (χ1) is 10.3. The van der Waals surface area contributed by atoms with Crippen LogP contribution < -0.4 is 0 Å². The first-order valence-electron chi connectivity index (χ1n) is 9.61. The van der Waals surface area contributed by atoms with E-state index >= 15 is 0 Å². The summed E-state index contributed by atoms with van der Waals surface area (Å²) in [4.78, 5) is 0. The van der Waals surface area contributed by atoms with Crippen molar-refractivity contribution in [2.24, 2.45) is 22.7 Å². The summed E-state index contributed by atoms with van der Waals surface area (Å²) in [6, 6.07) is 0. The molecule has 3 rings (SSSR count). The Kier molecular flexibility index (Phi) is 2.87. The average molecular weight is 276 g/mol. The van der Waals surface area contributed by atoms with Crippen LogP contribution in [0, 0.1) is 22.7 Å². The lowest BCUT2D eigenvalue weighted by molar-refractivity contribution is 0.0696. The van der Waals surface area contributed by atoms with E-state index in [1.165, 1.54) is 50.5 Å². The predicted molar refractivity (Wildman–Crippen MR) is 87.6 cm³/mol. The second-order valence-corrected chi connectivity index (χ2v) is 8.54. The van der Waals surface area contributed by atoms with Crippen molar-refractivity contribution in [1.82, 2.24) is 0 Å². The second kappa shape index (κ2) is 4.75. The van der Waals surface area contributed by atoms with Crippen molar-refractivity contribution in [3.8, 4) is 0 Å². The average Bonchev–Trinajstić information content (AvgIpc) is 2.42. The number of rotatable bonds is 0. The molecule has 2 bridgehead atoms. The minimum Gasteiger partial charge on any atom is -0.0996 e. The molecule has 2 saturated carbocycles. The van der Waals surface area contributed by atoms with E-state index in [0.717, 1.165) is 12.3 Å². The van der Waals surface area contributed by atoms with Crippen LogP contribution in [-0.2, 0) is 0 Å². The molecule has 0 aliphatic heterocycles. The number of fused-ring (bicyclic) bond motifs is 3. The third-order valence-corrected chi connectivity index (χ3v) is 7.10. The monoisotopic (exact) mass is 276 g/mol. The van der Waals surface area contributed by atoms with Crippen molar-refractivity contribution in [2.45, 2.75) is 79.1 Å². The summed E-state index contributed by atoms with van der Waals surface area (Å²) < 4.78 is 15.9. The first kappa shape index (κ1) is 12.1. The summed E-state index contributed by atoms with van der Waals surface area (Å²) in [6.45, 7) is 9.83. The van der Waals surface area contributed by atoms with E-state index in [1.54, 1.807) is 11.1 Å². The highest BCUT2D eigenvalue weighted by molar-refractivity contribution is 5.27. The van der Waals surface area contributed by atoms with E-state index in [4.69, 9.17) is 2.74 Å². The van der Waals surface area contributed by atoms with Crippen molar-refractivity contribution in [3.63, 3.8) is 0 Å². The minimum absolute atomic E-state index is 0.122. The van der Waals surface area contributed by atoms with E-state index in [2.05, 4.69) is 27.7 Å². The van der Waals surface area contributed by atoms with Crippen molar-refractivity contribution >= 4 is 0 Å². The molecule has 0 unspecified atom stereocenters. The number of allylic oxidation sites excluding steroid dienone is 3. The van der Waals surface area contributed by atoms with E-state index in [9.17, 15) is 0 Å². The Morgan fingerprint density at radius 2 is 1.95 bits per heavy atom. The van der Waals surface area contributed by atoms with Crippen molar-refractivity contribution in [2.75, 3.05) is 0 Å². The molecule has 112 valence electrons. The zero-order valence-electron chi connectivity index (χ0n) is 15.8. The van der Waals surface area contributed by atoms with Gasteiger partial charge < -0.3 is 0 Å². The quantitative estimate of drug-likeness (QED) is 0.456. The normalized spacial score (nSPS) is 42.1. The second-order valence-electron chi connectivity index (χ2n) is 8.54. The van der Waals surface area contributed by atoms with Gasteiger partial charge in [-0.05, 0) is 81.0 Å². The summed E-state index contributed by atoms with van der Waals surface area (Å²) >= 11 is 0. The highest BCUT2D eigenvalue weighted by Gasteiger charge is 2.46. The zero-order chi connectivity index (χ0) is 16.1. The summed E-state index contributed by atoms with van der Waals surface area (Å²) in [5.41, 5.74) is 5.18. The molecule has 0 heterocycles. The van der Waals surface area contributed by atoms with Crippen molar-refractivity contribution in [1.29, 1.82) is 0 Å². The lowest BCUT2D eigenvalue weighted by Gasteiger charge is -2.52. The molecule has 2 fully saturated rings. The van der Waals surface area contributed by atoms with Crippen LogP contribution >= 0.6 is 0 Å². The van der Waals surface area contributed by atoms with Crippen LogP contribution in [0.3, 0.4) is 0 Å². The molecule has 0 aromatic carbocycles. The highest BCUT2D eigenvalue weighted by Crippen LogP contribution is 2.58. The minimum atomic E-state index is 0.122. The van der Waals surface area contributed by atoms with Crippen molar-refractivity contribution in [3.05, 3.63) is 23.3 Å². The lowest BCUT2D eigenvalue weighted by atomic mass is 9.53. The summed E-state index contributed by atoms with van der Waals surface area (Å²) in [5.74, 6) is 1.21. The van der Waals surface area contributed by atoms with Gasteiger partial charge in [0.2, 0.25) is 0 Å². The molecule has 0 saturated heterocycles. The topological polar surface area (TPSA) is 0 Å². The van der Waals surface area contributed by atoms with Gasteiger partial charge in [-0.2, -0.15) is 0 Å². The van der Waals surface area contributed by atoms with Crippen LogP contribution in [0.15, 0.2) is 23.3 Å². The van der Waals surface area contributed by atoms with Gasteiger partial charge in [-0.3, -0.25) is 0 Å². The Hall–Kier alpha value is -0.520. The molecule has 0 radical (unpaired) electrons. The maximum atomic E-state index is 7.95. The molecule has 0 N–H and O–H groups in total. The van der Waals surface area contributed by atoms with Crippen LogP contribution in [0.25, 0.3) is 0 Å². The molecule has 3 aliphatic rings. The van der Waals surface area contributed by atoms with Crippen LogP contribution in [-0.4, -0.2) is 0 Å². The summed E-state index contributed by atoms with van der Waals surface area (Å²) in [5, 5.41) is 0. The Balaban J connectivity index is 2.03. The highest BCUT2D eigenvalue weighted by atomic mass is 14.5. The van der Waals surface area contributed by atoms with Gasteiger partial charge in [0.05, 0.1) is 2.74 Å². The predicted octanol–water partition coefficient (Wildman–Crippen LogP) is 6.29. The number of hydrogen-bond acceptors (Lipinski definition) is 0. The molecule has 20 heavy (non-hydrogen) atoms. The maximum absolute atomic E-state index is 7.95. The van der Waals surface area contributed by atoms with Gasteiger partial charge in [-0.15, -0.1) is 0 Å². The van der Waals surface area contributed by atoms with Crippen LogP contribution in [0.2, 0.25) is 0 Å². The molecular formula is C20H32.